The van der Waals surface area contributed by atoms with Gasteiger partial charge in [-0.3, -0.25) is 0 Å². The predicted octanol–water partition coefficient (Wildman–Crippen LogP) is 12.4. The summed E-state index contributed by atoms with van der Waals surface area (Å²) < 4.78 is 11.8. The van der Waals surface area contributed by atoms with Crippen molar-refractivity contribution in [3.8, 4) is 0 Å². The fraction of sp³-hybridized carbons (Fsp3) is 0.897. The molecule has 0 saturated carbocycles. The van der Waals surface area contributed by atoms with Crippen molar-refractivity contribution in [2.24, 2.45) is 5.73 Å². The average molecular weight is 592 g/mol. The van der Waals surface area contributed by atoms with Crippen LogP contribution < -0.4 is 5.73 Å². The molecule has 0 aliphatic carbocycles. The van der Waals surface area contributed by atoms with Gasteiger partial charge < -0.3 is 15.2 Å². The van der Waals surface area contributed by atoms with Crippen molar-refractivity contribution in [1.82, 2.24) is 0 Å². The lowest BCUT2D eigenvalue weighted by molar-refractivity contribution is -0.0136. The van der Waals surface area contributed by atoms with E-state index < -0.39 is 0 Å². The average Bonchev–Trinajstić information content (AvgIpc) is 3.00. The highest BCUT2D eigenvalue weighted by atomic mass is 16.5. The highest BCUT2D eigenvalue weighted by Crippen LogP contribution is 2.12. The lowest BCUT2D eigenvalue weighted by Crippen LogP contribution is -2.29. The lowest BCUT2D eigenvalue weighted by Gasteiger charge is -2.16. The summed E-state index contributed by atoms with van der Waals surface area (Å²) in [6.07, 6.45) is 47.1. The molecular weight excluding hydrogens is 514 g/mol. The zero-order valence-corrected chi connectivity index (χ0v) is 28.9. The highest BCUT2D eigenvalue weighted by molar-refractivity contribution is 4.82. The van der Waals surface area contributed by atoms with Crippen LogP contribution in [-0.2, 0) is 9.47 Å². The summed E-state index contributed by atoms with van der Waals surface area (Å²) in [5, 5.41) is 0. The van der Waals surface area contributed by atoms with Gasteiger partial charge in [-0.15, -0.1) is 0 Å². The van der Waals surface area contributed by atoms with E-state index in [0.717, 1.165) is 26.1 Å². The van der Waals surface area contributed by atoms with Crippen LogP contribution in [0.3, 0.4) is 0 Å². The van der Waals surface area contributed by atoms with Gasteiger partial charge in [0.15, 0.2) is 0 Å². The first-order valence-electron chi connectivity index (χ1n) is 19.0. The molecule has 0 spiro atoms. The van der Waals surface area contributed by atoms with Gasteiger partial charge in [-0.1, -0.05) is 154 Å². The Bertz CT molecular complexity index is 532. The predicted molar refractivity (Wildman–Crippen MR) is 189 cm³/mol. The van der Waals surface area contributed by atoms with Gasteiger partial charge in [0, 0.05) is 19.8 Å². The van der Waals surface area contributed by atoms with Crippen LogP contribution in [0, 0.1) is 0 Å². The van der Waals surface area contributed by atoms with Crippen molar-refractivity contribution in [3.05, 3.63) is 24.3 Å². The van der Waals surface area contributed by atoms with Crippen LogP contribution in [0.5, 0.6) is 0 Å². The van der Waals surface area contributed by atoms with Crippen LogP contribution in [0.2, 0.25) is 0 Å². The summed E-state index contributed by atoms with van der Waals surface area (Å²) in [6, 6.07) is 0. The monoisotopic (exact) mass is 592 g/mol. The summed E-state index contributed by atoms with van der Waals surface area (Å²) in [5.74, 6) is 0. The first-order valence-corrected chi connectivity index (χ1v) is 19.0. The topological polar surface area (TPSA) is 44.5 Å². The Kier molecular flexibility index (Phi) is 37.8. The second kappa shape index (κ2) is 38.4. The fourth-order valence-corrected chi connectivity index (χ4v) is 5.45. The summed E-state index contributed by atoms with van der Waals surface area (Å²) in [7, 11) is 0. The smallest absolute Gasteiger partial charge is 0.0930 e. The van der Waals surface area contributed by atoms with Gasteiger partial charge in [-0.05, 0) is 64.2 Å². The summed E-state index contributed by atoms with van der Waals surface area (Å²) in [5.41, 5.74) is 5.91. The molecule has 0 rings (SSSR count). The Morgan fingerprint density at radius 3 is 1.14 bits per heavy atom. The van der Waals surface area contributed by atoms with Crippen molar-refractivity contribution in [2.75, 3.05) is 26.4 Å². The summed E-state index contributed by atoms with van der Waals surface area (Å²) in [4.78, 5) is 0. The minimum Gasteiger partial charge on any atom is -0.379 e. The van der Waals surface area contributed by atoms with E-state index in [-0.39, 0.29) is 6.10 Å². The molecule has 42 heavy (non-hydrogen) atoms. The molecule has 3 heteroatoms. The van der Waals surface area contributed by atoms with Crippen LogP contribution >= 0.6 is 0 Å². The van der Waals surface area contributed by atoms with Gasteiger partial charge in [0.2, 0.25) is 0 Å². The molecule has 0 amide bonds. The Balaban J connectivity index is 3.32. The van der Waals surface area contributed by atoms with Crippen molar-refractivity contribution in [1.29, 1.82) is 0 Å². The quantitative estimate of drug-likeness (QED) is 0.0582. The Morgan fingerprint density at radius 1 is 0.429 bits per heavy atom. The number of nitrogens with two attached hydrogens (primary N) is 1. The van der Waals surface area contributed by atoms with Crippen LogP contribution in [0.25, 0.3) is 0 Å². The number of ether oxygens (including phenoxy) is 2. The number of rotatable bonds is 36. The highest BCUT2D eigenvalue weighted by Gasteiger charge is 2.06. The van der Waals surface area contributed by atoms with Gasteiger partial charge in [0.25, 0.3) is 0 Å². The standard InChI is InChI=1S/C39H77NO2/c1-3-5-7-9-11-13-15-17-19-21-23-25-27-29-31-33-35-41-38-39(37-40)42-36-34-32-30-28-26-24-22-20-18-16-14-12-10-8-6-4-2/h17-20,39H,3-16,21-38,40H2,1-2H3/b19-17-,20-18-. The molecule has 3 nitrogen and oxygen atoms in total. The number of hydrogen-bond donors (Lipinski definition) is 1. The molecular formula is C39H77NO2. The third-order valence-corrected chi connectivity index (χ3v) is 8.38. The zero-order chi connectivity index (χ0) is 30.4. The Hall–Kier alpha value is -0.640. The Labute approximate surface area is 265 Å². The molecule has 0 fully saturated rings. The fourth-order valence-electron chi connectivity index (χ4n) is 5.45. The van der Waals surface area contributed by atoms with Gasteiger partial charge in [0.1, 0.15) is 0 Å². The van der Waals surface area contributed by atoms with E-state index in [1.807, 2.05) is 0 Å². The first kappa shape index (κ1) is 41.4. The third kappa shape index (κ3) is 35.6. The molecule has 0 aromatic rings. The van der Waals surface area contributed by atoms with E-state index in [0.29, 0.717) is 13.2 Å². The minimum atomic E-state index is 0.0576. The maximum absolute atomic E-state index is 5.98. The van der Waals surface area contributed by atoms with Crippen LogP contribution in [0.15, 0.2) is 24.3 Å². The maximum atomic E-state index is 5.98. The van der Waals surface area contributed by atoms with Crippen LogP contribution in [-0.4, -0.2) is 32.5 Å². The molecule has 0 aliphatic heterocycles. The summed E-state index contributed by atoms with van der Waals surface area (Å²) in [6.45, 7) is 7.44. The minimum absolute atomic E-state index is 0.0576. The molecule has 0 aliphatic rings. The largest absolute Gasteiger partial charge is 0.379 e. The van der Waals surface area contributed by atoms with Gasteiger partial charge in [-0.25, -0.2) is 0 Å². The molecule has 0 aromatic carbocycles. The van der Waals surface area contributed by atoms with Crippen molar-refractivity contribution < 1.29 is 9.47 Å². The van der Waals surface area contributed by atoms with E-state index >= 15 is 0 Å². The van der Waals surface area contributed by atoms with Crippen LogP contribution in [0.1, 0.15) is 194 Å². The molecule has 0 saturated heterocycles. The molecule has 250 valence electrons. The molecule has 0 bridgehead atoms. The summed E-state index contributed by atoms with van der Waals surface area (Å²) >= 11 is 0. The van der Waals surface area contributed by atoms with Gasteiger partial charge >= 0.3 is 0 Å². The van der Waals surface area contributed by atoms with Crippen molar-refractivity contribution in [3.63, 3.8) is 0 Å². The molecule has 1 atom stereocenters. The van der Waals surface area contributed by atoms with Crippen LogP contribution in [0.4, 0.5) is 0 Å². The van der Waals surface area contributed by atoms with Gasteiger partial charge in [-0.2, -0.15) is 0 Å². The number of allylic oxidation sites excluding steroid dienone is 4. The van der Waals surface area contributed by atoms with E-state index in [2.05, 4.69) is 38.2 Å². The normalized spacial score (nSPS) is 12.7. The van der Waals surface area contributed by atoms with E-state index in [1.54, 1.807) is 0 Å². The second-order valence-electron chi connectivity index (χ2n) is 12.7. The second-order valence-corrected chi connectivity index (χ2v) is 12.7. The molecule has 0 heterocycles. The lowest BCUT2D eigenvalue weighted by atomic mass is 10.1. The van der Waals surface area contributed by atoms with E-state index in [4.69, 9.17) is 15.2 Å². The van der Waals surface area contributed by atoms with Crippen molar-refractivity contribution >= 4 is 0 Å². The van der Waals surface area contributed by atoms with E-state index in [9.17, 15) is 0 Å². The zero-order valence-electron chi connectivity index (χ0n) is 28.9. The Morgan fingerprint density at radius 2 is 0.762 bits per heavy atom. The first-order chi connectivity index (χ1) is 20.8. The molecule has 2 N–H and O–H groups in total. The third-order valence-electron chi connectivity index (χ3n) is 8.38. The maximum Gasteiger partial charge on any atom is 0.0930 e. The van der Waals surface area contributed by atoms with E-state index in [1.165, 1.54) is 167 Å². The SMILES string of the molecule is CCCCCCCC/C=C\CCCCCCCCOCC(CN)OCCCCCCCC/C=C\CCCCCCCC. The van der Waals surface area contributed by atoms with Crippen molar-refractivity contribution in [2.45, 2.75) is 200 Å². The number of unbranched alkanes of at least 4 members (excludes halogenated alkanes) is 24. The molecule has 0 aromatic heterocycles. The molecule has 1 unspecified atom stereocenters. The number of hydrogen-bond acceptors (Lipinski definition) is 3. The van der Waals surface area contributed by atoms with Gasteiger partial charge in [0.05, 0.1) is 12.7 Å². The molecule has 0 radical (unpaired) electrons.